The van der Waals surface area contributed by atoms with Gasteiger partial charge in [0.15, 0.2) is 11.1 Å². The van der Waals surface area contributed by atoms with Crippen molar-refractivity contribution in [3.05, 3.63) is 64.1 Å². The second-order valence-electron chi connectivity index (χ2n) is 6.55. The molecule has 0 aliphatic rings. The van der Waals surface area contributed by atoms with Crippen LogP contribution in [-0.2, 0) is 22.6 Å². The lowest BCUT2D eigenvalue weighted by atomic mass is 10.1. The van der Waals surface area contributed by atoms with E-state index in [0.717, 1.165) is 17.8 Å². The van der Waals surface area contributed by atoms with Gasteiger partial charge in [0.1, 0.15) is 18.1 Å². The van der Waals surface area contributed by atoms with E-state index in [2.05, 4.69) is 22.4 Å². The lowest BCUT2D eigenvalue weighted by molar-refractivity contribution is -0.152. The minimum absolute atomic E-state index is 0.0920. The van der Waals surface area contributed by atoms with E-state index in [-0.39, 0.29) is 17.5 Å². The molecule has 0 fully saturated rings. The van der Waals surface area contributed by atoms with Gasteiger partial charge in [0.2, 0.25) is 5.01 Å². The van der Waals surface area contributed by atoms with Crippen LogP contribution in [0.4, 0.5) is 5.69 Å². The van der Waals surface area contributed by atoms with Gasteiger partial charge in [-0.05, 0) is 55.3 Å². The van der Waals surface area contributed by atoms with Crippen molar-refractivity contribution >= 4 is 28.9 Å². The van der Waals surface area contributed by atoms with E-state index >= 15 is 0 Å². The third kappa shape index (κ3) is 6.26. The zero-order valence-corrected chi connectivity index (χ0v) is 18.3. The van der Waals surface area contributed by atoms with Gasteiger partial charge in [-0.25, -0.2) is 4.79 Å². The van der Waals surface area contributed by atoms with E-state index in [4.69, 9.17) is 14.2 Å². The molecule has 1 heterocycles. The highest BCUT2D eigenvalue weighted by Gasteiger charge is 2.19. The first-order chi connectivity index (χ1) is 15.0. The Morgan fingerprint density at radius 1 is 1.03 bits per heavy atom. The Morgan fingerprint density at radius 3 is 2.35 bits per heavy atom. The monoisotopic (exact) mass is 441 g/mol. The maximum absolute atomic E-state index is 12.3. The fourth-order valence-corrected chi connectivity index (χ4v) is 3.22. The molecule has 1 unspecified atom stereocenters. The molecule has 1 amide bonds. The minimum atomic E-state index is -0.810. The Morgan fingerprint density at radius 2 is 1.71 bits per heavy atom. The summed E-state index contributed by atoms with van der Waals surface area (Å²) in [5.41, 5.74) is 1.86. The molecule has 0 aliphatic carbocycles. The molecule has 1 aromatic heterocycles. The van der Waals surface area contributed by atoms with Crippen molar-refractivity contribution in [2.24, 2.45) is 0 Å². The largest absolute Gasteiger partial charge is 0.497 e. The second kappa shape index (κ2) is 10.5. The molecule has 3 rings (SSSR count). The number of aromatic nitrogens is 2. The quantitative estimate of drug-likeness (QED) is 0.503. The molecule has 1 N–H and O–H groups in total. The number of hydrogen-bond acceptors (Lipinski definition) is 8. The Bertz CT molecular complexity index is 1020. The fourth-order valence-electron chi connectivity index (χ4n) is 2.57. The highest BCUT2D eigenvalue weighted by molar-refractivity contribution is 7.13. The standard InChI is InChI=1S/C22H23N3O5S/c1-4-15-5-7-16(8-6-15)23-20(26)21-25-24-19(31-21)13-29-22(27)14(2)30-18-11-9-17(28-3)10-12-18/h5-12,14H,4,13H2,1-3H3,(H,23,26). The summed E-state index contributed by atoms with van der Waals surface area (Å²) in [4.78, 5) is 24.5. The van der Waals surface area contributed by atoms with Gasteiger partial charge in [-0.2, -0.15) is 0 Å². The van der Waals surface area contributed by atoms with Crippen molar-refractivity contribution in [1.29, 1.82) is 0 Å². The number of amides is 1. The van der Waals surface area contributed by atoms with Crippen LogP contribution in [0.2, 0.25) is 0 Å². The van der Waals surface area contributed by atoms with Crippen LogP contribution >= 0.6 is 11.3 Å². The summed E-state index contributed by atoms with van der Waals surface area (Å²) in [6.07, 6.45) is 0.117. The molecule has 2 aromatic carbocycles. The number of carbonyl (C=O) groups is 2. The van der Waals surface area contributed by atoms with Crippen molar-refractivity contribution in [3.63, 3.8) is 0 Å². The van der Waals surface area contributed by atoms with E-state index < -0.39 is 12.1 Å². The van der Waals surface area contributed by atoms with E-state index in [0.29, 0.717) is 22.2 Å². The van der Waals surface area contributed by atoms with E-state index in [1.165, 1.54) is 5.56 Å². The van der Waals surface area contributed by atoms with Gasteiger partial charge in [0.25, 0.3) is 5.91 Å². The van der Waals surface area contributed by atoms with Gasteiger partial charge in [0, 0.05) is 5.69 Å². The van der Waals surface area contributed by atoms with Gasteiger partial charge in [-0.3, -0.25) is 4.79 Å². The van der Waals surface area contributed by atoms with Gasteiger partial charge in [-0.15, -0.1) is 10.2 Å². The summed E-state index contributed by atoms with van der Waals surface area (Å²) in [6.45, 7) is 3.57. The van der Waals surface area contributed by atoms with Crippen LogP contribution in [0.1, 0.15) is 34.2 Å². The molecular weight excluding hydrogens is 418 g/mol. The molecule has 3 aromatic rings. The maximum atomic E-state index is 12.3. The van der Waals surface area contributed by atoms with Crippen LogP contribution in [0.3, 0.4) is 0 Å². The van der Waals surface area contributed by atoms with Crippen LogP contribution in [-0.4, -0.2) is 35.3 Å². The highest BCUT2D eigenvalue weighted by atomic mass is 32.1. The summed E-state index contributed by atoms with van der Waals surface area (Å²) < 4.78 is 15.9. The summed E-state index contributed by atoms with van der Waals surface area (Å²) in [7, 11) is 1.57. The number of esters is 1. The number of benzene rings is 2. The summed E-state index contributed by atoms with van der Waals surface area (Å²) in [5, 5.41) is 11.2. The second-order valence-corrected chi connectivity index (χ2v) is 7.61. The van der Waals surface area contributed by atoms with Gasteiger partial charge in [-0.1, -0.05) is 30.4 Å². The molecule has 8 nitrogen and oxygen atoms in total. The number of aryl methyl sites for hydroxylation is 1. The number of nitrogens with zero attached hydrogens (tertiary/aromatic N) is 2. The molecule has 162 valence electrons. The van der Waals surface area contributed by atoms with Crippen molar-refractivity contribution in [3.8, 4) is 11.5 Å². The highest BCUT2D eigenvalue weighted by Crippen LogP contribution is 2.19. The Hall–Kier alpha value is -3.46. The van der Waals surface area contributed by atoms with Crippen molar-refractivity contribution < 1.29 is 23.8 Å². The molecule has 0 saturated heterocycles. The molecule has 31 heavy (non-hydrogen) atoms. The maximum Gasteiger partial charge on any atom is 0.347 e. The first-order valence-corrected chi connectivity index (χ1v) is 10.5. The van der Waals surface area contributed by atoms with E-state index in [1.54, 1.807) is 38.3 Å². The summed E-state index contributed by atoms with van der Waals surface area (Å²) in [6, 6.07) is 14.5. The third-order valence-electron chi connectivity index (χ3n) is 4.32. The minimum Gasteiger partial charge on any atom is -0.497 e. The average Bonchev–Trinajstić information content (AvgIpc) is 3.27. The number of ether oxygens (including phenoxy) is 3. The lowest BCUT2D eigenvalue weighted by Gasteiger charge is -2.13. The average molecular weight is 442 g/mol. The zero-order chi connectivity index (χ0) is 22.2. The number of methoxy groups -OCH3 is 1. The van der Waals surface area contributed by atoms with Crippen molar-refractivity contribution in [2.75, 3.05) is 12.4 Å². The topological polar surface area (TPSA) is 99.6 Å². The van der Waals surface area contributed by atoms with E-state index in [9.17, 15) is 9.59 Å². The van der Waals surface area contributed by atoms with Crippen molar-refractivity contribution in [1.82, 2.24) is 10.2 Å². The number of hydrogen-bond donors (Lipinski definition) is 1. The van der Waals surface area contributed by atoms with Crippen LogP contribution in [0.5, 0.6) is 11.5 Å². The lowest BCUT2D eigenvalue weighted by Crippen LogP contribution is -2.26. The Labute approximate surface area is 184 Å². The molecule has 1 atom stereocenters. The predicted molar refractivity (Wildman–Crippen MR) is 117 cm³/mol. The predicted octanol–water partition coefficient (Wildman–Crippen LogP) is 3.87. The third-order valence-corrected chi connectivity index (χ3v) is 5.22. The SMILES string of the molecule is CCc1ccc(NC(=O)c2nnc(COC(=O)C(C)Oc3ccc(OC)cc3)s2)cc1. The molecule has 0 spiro atoms. The Kier molecular flexibility index (Phi) is 7.55. The van der Waals surface area contributed by atoms with Gasteiger partial charge >= 0.3 is 5.97 Å². The molecule has 0 radical (unpaired) electrons. The van der Waals surface area contributed by atoms with Crippen molar-refractivity contribution in [2.45, 2.75) is 33.0 Å². The summed E-state index contributed by atoms with van der Waals surface area (Å²) in [5.74, 6) is 0.298. The number of nitrogens with one attached hydrogen (secondary N) is 1. The first kappa shape index (κ1) is 22.2. The first-order valence-electron chi connectivity index (χ1n) is 9.68. The molecule has 0 saturated carbocycles. The molecule has 9 heteroatoms. The molecule has 0 aliphatic heterocycles. The van der Waals surface area contributed by atoms with Crippen LogP contribution in [0.15, 0.2) is 48.5 Å². The molecular formula is C22H23N3O5S. The zero-order valence-electron chi connectivity index (χ0n) is 17.5. The van der Waals surface area contributed by atoms with Crippen LogP contribution in [0, 0.1) is 0 Å². The smallest absolute Gasteiger partial charge is 0.347 e. The molecule has 0 bridgehead atoms. The number of rotatable bonds is 9. The summed E-state index contributed by atoms with van der Waals surface area (Å²) >= 11 is 1.06. The Balaban J connectivity index is 1.49. The van der Waals surface area contributed by atoms with Gasteiger partial charge in [0.05, 0.1) is 7.11 Å². The number of anilines is 1. The normalized spacial score (nSPS) is 11.5. The van der Waals surface area contributed by atoms with Crippen LogP contribution in [0.25, 0.3) is 0 Å². The fraction of sp³-hybridized carbons (Fsp3) is 0.273. The van der Waals surface area contributed by atoms with Gasteiger partial charge < -0.3 is 19.5 Å². The van der Waals surface area contributed by atoms with Crippen LogP contribution < -0.4 is 14.8 Å². The van der Waals surface area contributed by atoms with E-state index in [1.807, 2.05) is 24.3 Å². The number of carbonyl (C=O) groups excluding carboxylic acids is 2.